The van der Waals surface area contributed by atoms with Crippen LogP contribution in [0.5, 0.6) is 0 Å². The largest absolute Gasteiger partial charge is 0.489 e. The van der Waals surface area contributed by atoms with Crippen molar-refractivity contribution in [2.75, 3.05) is 7.11 Å². The highest BCUT2D eigenvalue weighted by Gasteiger charge is 2.29. The maximum atomic E-state index is 11.5. The highest BCUT2D eigenvalue weighted by Crippen LogP contribution is 2.37. The van der Waals surface area contributed by atoms with Gasteiger partial charge in [0, 0.05) is 16.5 Å². The van der Waals surface area contributed by atoms with Crippen molar-refractivity contribution in [1.82, 2.24) is 10.3 Å². The first-order chi connectivity index (χ1) is 10.2. The molecule has 6 nitrogen and oxygen atoms in total. The van der Waals surface area contributed by atoms with Gasteiger partial charge in [0.05, 0.1) is 24.9 Å². The Labute approximate surface area is 120 Å². The Hall–Kier alpha value is -2.76. The van der Waals surface area contributed by atoms with Crippen molar-refractivity contribution in [2.24, 2.45) is 0 Å². The molecule has 1 amide bonds. The van der Waals surface area contributed by atoms with E-state index in [1.165, 1.54) is 13.4 Å². The molecule has 1 aromatic carbocycles. The average Bonchev–Trinajstić information content (AvgIpc) is 2.90. The zero-order valence-electron chi connectivity index (χ0n) is 11.4. The molecule has 0 saturated carbocycles. The van der Waals surface area contributed by atoms with E-state index in [0.29, 0.717) is 12.1 Å². The minimum absolute atomic E-state index is 0.0984. The number of carbonyl (C=O) groups is 2. The number of H-pyrrole nitrogens is 1. The lowest BCUT2D eigenvalue weighted by atomic mass is 10.0. The minimum atomic E-state index is -0.461. The fourth-order valence-corrected chi connectivity index (χ4v) is 2.53. The number of esters is 1. The molecule has 21 heavy (non-hydrogen) atoms. The van der Waals surface area contributed by atoms with Gasteiger partial charge in [-0.05, 0) is 6.07 Å². The number of hydrogen-bond acceptors (Lipinski definition) is 4. The fraction of sp³-hybridized carbons (Fsp3) is 0.200. The quantitative estimate of drug-likeness (QED) is 0.664. The summed E-state index contributed by atoms with van der Waals surface area (Å²) >= 11 is 0. The molecule has 1 aliphatic heterocycles. The Balaban J connectivity index is 2.11. The second kappa shape index (κ2) is 5.32. The first-order valence-electron chi connectivity index (χ1n) is 6.48. The summed E-state index contributed by atoms with van der Waals surface area (Å²) in [7, 11) is 1.34. The Morgan fingerprint density at radius 3 is 3.05 bits per heavy atom. The Kier molecular flexibility index (Phi) is 3.35. The Morgan fingerprint density at radius 1 is 1.48 bits per heavy atom. The maximum Gasteiger partial charge on any atom is 0.309 e. The van der Waals surface area contributed by atoms with Crippen molar-refractivity contribution in [3.8, 4) is 0 Å². The van der Waals surface area contributed by atoms with Crippen LogP contribution in [-0.4, -0.2) is 24.5 Å². The van der Waals surface area contributed by atoms with Crippen molar-refractivity contribution < 1.29 is 19.1 Å². The summed E-state index contributed by atoms with van der Waals surface area (Å²) in [5.74, 6) is -0.357. The van der Waals surface area contributed by atoms with Crippen LogP contribution in [0, 0.1) is 0 Å². The van der Waals surface area contributed by atoms with E-state index < -0.39 is 6.10 Å². The van der Waals surface area contributed by atoms with Crippen molar-refractivity contribution >= 4 is 29.0 Å². The van der Waals surface area contributed by atoms with Crippen LogP contribution in [0.4, 0.5) is 0 Å². The number of para-hydroxylation sites is 1. The number of aromatic nitrogens is 1. The topological polar surface area (TPSA) is 80.4 Å². The van der Waals surface area contributed by atoms with Crippen molar-refractivity contribution in [1.29, 1.82) is 0 Å². The van der Waals surface area contributed by atoms with E-state index in [4.69, 9.17) is 9.47 Å². The van der Waals surface area contributed by atoms with Gasteiger partial charge in [0.25, 0.3) is 0 Å². The van der Waals surface area contributed by atoms with Gasteiger partial charge in [-0.15, -0.1) is 0 Å². The molecule has 0 radical (unpaired) electrons. The lowest BCUT2D eigenvalue weighted by Gasteiger charge is -2.22. The predicted molar refractivity (Wildman–Crippen MR) is 75.9 cm³/mol. The zero-order chi connectivity index (χ0) is 14.8. The van der Waals surface area contributed by atoms with E-state index in [2.05, 4.69) is 10.3 Å². The molecule has 0 fully saturated rings. The zero-order valence-corrected chi connectivity index (χ0v) is 11.4. The molecular weight excluding hydrogens is 272 g/mol. The number of benzene rings is 1. The van der Waals surface area contributed by atoms with Crippen LogP contribution in [0.2, 0.25) is 0 Å². The third-order valence-electron chi connectivity index (χ3n) is 3.47. The second-order valence-electron chi connectivity index (χ2n) is 4.66. The van der Waals surface area contributed by atoms with Gasteiger partial charge in [-0.25, -0.2) is 0 Å². The molecule has 2 aromatic rings. The van der Waals surface area contributed by atoms with Crippen LogP contribution in [-0.2, 0) is 19.1 Å². The van der Waals surface area contributed by atoms with Crippen LogP contribution >= 0.6 is 0 Å². The molecule has 6 heteroatoms. The van der Waals surface area contributed by atoms with Gasteiger partial charge in [-0.1, -0.05) is 18.2 Å². The van der Waals surface area contributed by atoms with Crippen LogP contribution in [0.1, 0.15) is 23.8 Å². The number of ether oxygens (including phenoxy) is 2. The molecular formula is C15H14N2O4. The summed E-state index contributed by atoms with van der Waals surface area (Å²) in [6.07, 6.45) is 1.70. The maximum absolute atomic E-state index is 11.5. The standard InChI is InChI=1S/C15H14N2O4/c1-20-13(19)6-12-15-14(11(7-21-12)16-8-18)9-4-2-3-5-10(9)17-15/h2-5,7-8,12,17H,6H2,1H3,(H,16,18). The van der Waals surface area contributed by atoms with Gasteiger partial charge in [0.2, 0.25) is 6.41 Å². The monoisotopic (exact) mass is 286 g/mol. The lowest BCUT2D eigenvalue weighted by molar-refractivity contribution is -0.143. The van der Waals surface area contributed by atoms with Gasteiger partial charge in [-0.3, -0.25) is 9.59 Å². The molecule has 0 saturated heterocycles. The van der Waals surface area contributed by atoms with Crippen molar-refractivity contribution in [3.05, 3.63) is 41.8 Å². The van der Waals surface area contributed by atoms with E-state index in [9.17, 15) is 9.59 Å². The molecule has 2 heterocycles. The summed E-state index contributed by atoms with van der Waals surface area (Å²) in [5, 5.41) is 3.59. The molecule has 1 unspecified atom stereocenters. The van der Waals surface area contributed by atoms with Gasteiger partial charge in [0.1, 0.15) is 12.4 Å². The summed E-state index contributed by atoms with van der Waals surface area (Å²) in [6.45, 7) is 0. The SMILES string of the molecule is COC(=O)CC1OC=C(NC=O)c2c1[nH]c1ccccc21. The van der Waals surface area contributed by atoms with E-state index in [1.54, 1.807) is 0 Å². The number of fused-ring (bicyclic) bond motifs is 3. The highest BCUT2D eigenvalue weighted by molar-refractivity contribution is 5.96. The van der Waals surface area contributed by atoms with Gasteiger partial charge < -0.3 is 19.8 Å². The number of methoxy groups -OCH3 is 1. The summed E-state index contributed by atoms with van der Waals surface area (Å²) in [6, 6.07) is 7.71. The third-order valence-corrected chi connectivity index (χ3v) is 3.47. The van der Waals surface area contributed by atoms with E-state index in [1.807, 2.05) is 24.3 Å². The van der Waals surface area contributed by atoms with Crippen LogP contribution in [0.25, 0.3) is 16.6 Å². The third kappa shape index (κ3) is 2.24. The number of hydrogen-bond donors (Lipinski definition) is 2. The second-order valence-corrected chi connectivity index (χ2v) is 4.66. The minimum Gasteiger partial charge on any atom is -0.489 e. The van der Waals surface area contributed by atoms with E-state index in [-0.39, 0.29) is 12.4 Å². The van der Waals surface area contributed by atoms with Crippen molar-refractivity contribution in [2.45, 2.75) is 12.5 Å². The molecule has 2 N–H and O–H groups in total. The first-order valence-corrected chi connectivity index (χ1v) is 6.48. The summed E-state index contributed by atoms with van der Waals surface area (Å²) < 4.78 is 10.2. The van der Waals surface area contributed by atoms with E-state index in [0.717, 1.165) is 22.2 Å². The van der Waals surface area contributed by atoms with E-state index >= 15 is 0 Å². The fourth-order valence-electron chi connectivity index (χ4n) is 2.53. The number of aromatic amines is 1. The molecule has 0 aliphatic carbocycles. The molecule has 0 bridgehead atoms. The van der Waals surface area contributed by atoms with Gasteiger partial charge in [0.15, 0.2) is 0 Å². The molecule has 108 valence electrons. The number of carbonyl (C=O) groups excluding carboxylic acids is 2. The summed E-state index contributed by atoms with van der Waals surface area (Å²) in [5.41, 5.74) is 3.09. The van der Waals surface area contributed by atoms with Crippen LogP contribution in [0.3, 0.4) is 0 Å². The van der Waals surface area contributed by atoms with Gasteiger partial charge >= 0.3 is 5.97 Å². The smallest absolute Gasteiger partial charge is 0.309 e. The Morgan fingerprint density at radius 2 is 2.29 bits per heavy atom. The highest BCUT2D eigenvalue weighted by atomic mass is 16.5. The number of rotatable bonds is 4. The lowest BCUT2D eigenvalue weighted by Crippen LogP contribution is -2.19. The molecule has 1 aromatic heterocycles. The molecule has 1 atom stereocenters. The van der Waals surface area contributed by atoms with Crippen LogP contribution in [0.15, 0.2) is 30.5 Å². The number of amides is 1. The summed E-state index contributed by atoms with van der Waals surface area (Å²) in [4.78, 5) is 25.5. The van der Waals surface area contributed by atoms with Gasteiger partial charge in [-0.2, -0.15) is 0 Å². The molecule has 0 spiro atoms. The van der Waals surface area contributed by atoms with Crippen molar-refractivity contribution in [3.63, 3.8) is 0 Å². The Bertz CT molecular complexity index is 732. The average molecular weight is 286 g/mol. The number of nitrogens with one attached hydrogen (secondary N) is 2. The molecule has 3 rings (SSSR count). The molecule has 1 aliphatic rings. The normalized spacial score (nSPS) is 16.6. The van der Waals surface area contributed by atoms with Crippen LogP contribution < -0.4 is 5.32 Å². The predicted octanol–water partition coefficient (Wildman–Crippen LogP) is 1.85. The first kappa shape index (κ1) is 13.2.